The molecule has 0 fully saturated rings. The van der Waals surface area contributed by atoms with Crippen LogP contribution in [0.4, 0.5) is 0 Å². The number of hydrogen-bond donors (Lipinski definition) is 0. The molecule has 0 radical (unpaired) electrons. The summed E-state index contributed by atoms with van der Waals surface area (Å²) in [5.41, 5.74) is 1.37. The van der Waals surface area contributed by atoms with Gasteiger partial charge in [0.1, 0.15) is 0 Å². The molecule has 0 saturated carbocycles. The Morgan fingerprint density at radius 1 is 0.640 bits per heavy atom. The molecule has 3 rings (SSSR count). The number of allylic oxidation sites excluding steroid dienone is 2. The smallest absolute Gasteiger partial charge is 0.103 e. The average Bonchev–Trinajstić information content (AvgIpc) is 2.68. The fourth-order valence-corrected chi connectivity index (χ4v) is 8.47. The zero-order chi connectivity index (χ0) is 17.5. The number of benzene rings is 3. The molecule has 0 heterocycles. The summed E-state index contributed by atoms with van der Waals surface area (Å²) < 4.78 is 0. The molecule has 0 bridgehead atoms. The summed E-state index contributed by atoms with van der Waals surface area (Å²) in [6.45, 7) is 8.08. The lowest BCUT2D eigenvalue weighted by molar-refractivity contribution is 1.29. The van der Waals surface area contributed by atoms with Crippen LogP contribution in [0.15, 0.2) is 110 Å². The summed E-state index contributed by atoms with van der Waals surface area (Å²) in [5.74, 6) is 0. The molecule has 0 N–H and O–H groups in total. The van der Waals surface area contributed by atoms with Gasteiger partial charge in [-0.05, 0) is 33.6 Å². The first-order valence-corrected chi connectivity index (χ1v) is 10.9. The van der Waals surface area contributed by atoms with Crippen molar-refractivity contribution in [2.45, 2.75) is 12.5 Å². The standard InChI is InChI=1S/C24H24Si/c1-3-13-21-14-11-12-19-24(21)25(20-4-2,22-15-7-5-8-16-22)23-17-9-6-10-18-23/h3-12,14-19H,1-2,13,20H2. The first kappa shape index (κ1) is 17.2. The molecule has 0 aliphatic rings. The summed E-state index contributed by atoms with van der Waals surface area (Å²) in [7, 11) is -2.17. The van der Waals surface area contributed by atoms with Crippen LogP contribution in [0.1, 0.15) is 5.56 Å². The van der Waals surface area contributed by atoms with Gasteiger partial charge in [0.2, 0.25) is 0 Å². The molecule has 3 aromatic carbocycles. The maximum atomic E-state index is 4.11. The maximum absolute atomic E-state index is 4.11. The third-order valence-corrected chi connectivity index (χ3v) is 9.77. The number of rotatable bonds is 7. The predicted molar refractivity (Wildman–Crippen MR) is 113 cm³/mol. The molecular weight excluding hydrogens is 316 g/mol. The van der Waals surface area contributed by atoms with Crippen LogP contribution in [0.2, 0.25) is 6.04 Å². The molecule has 0 aliphatic carbocycles. The maximum Gasteiger partial charge on any atom is 0.152 e. The molecule has 0 aromatic heterocycles. The fraction of sp³-hybridized carbons (Fsp3) is 0.0833. The van der Waals surface area contributed by atoms with Crippen LogP contribution >= 0.6 is 0 Å². The van der Waals surface area contributed by atoms with Crippen LogP contribution < -0.4 is 15.6 Å². The van der Waals surface area contributed by atoms with E-state index in [-0.39, 0.29) is 0 Å². The molecule has 3 aromatic rings. The Hall–Kier alpha value is -2.64. The molecule has 124 valence electrons. The second-order valence-electron chi connectivity index (χ2n) is 6.28. The lowest BCUT2D eigenvalue weighted by Gasteiger charge is -2.34. The monoisotopic (exact) mass is 340 g/mol. The zero-order valence-corrected chi connectivity index (χ0v) is 15.6. The van der Waals surface area contributed by atoms with E-state index >= 15 is 0 Å². The van der Waals surface area contributed by atoms with Crippen LogP contribution in [0.25, 0.3) is 0 Å². The van der Waals surface area contributed by atoms with E-state index in [1.165, 1.54) is 21.1 Å². The van der Waals surface area contributed by atoms with Crippen molar-refractivity contribution in [3.8, 4) is 0 Å². The minimum Gasteiger partial charge on any atom is -0.103 e. The summed E-state index contributed by atoms with van der Waals surface area (Å²) in [4.78, 5) is 0. The van der Waals surface area contributed by atoms with Gasteiger partial charge in [0.25, 0.3) is 0 Å². The zero-order valence-electron chi connectivity index (χ0n) is 14.6. The van der Waals surface area contributed by atoms with Gasteiger partial charge in [-0.25, -0.2) is 0 Å². The van der Waals surface area contributed by atoms with Crippen LogP contribution in [0.3, 0.4) is 0 Å². The van der Waals surface area contributed by atoms with E-state index in [9.17, 15) is 0 Å². The van der Waals surface area contributed by atoms with E-state index in [4.69, 9.17) is 0 Å². The summed E-state index contributed by atoms with van der Waals surface area (Å²) in [5, 5.41) is 4.32. The van der Waals surface area contributed by atoms with Gasteiger partial charge < -0.3 is 0 Å². The Balaban J connectivity index is 2.36. The Labute approximate surface area is 152 Å². The molecular formula is C24H24Si. The quantitative estimate of drug-likeness (QED) is 0.345. The molecule has 0 saturated heterocycles. The summed E-state index contributed by atoms with van der Waals surface area (Å²) in [6, 6.07) is 31.8. The van der Waals surface area contributed by atoms with Gasteiger partial charge in [-0.15, -0.1) is 13.2 Å². The van der Waals surface area contributed by atoms with Crippen molar-refractivity contribution in [1.82, 2.24) is 0 Å². The minimum absolute atomic E-state index is 0.891. The Bertz CT molecular complexity index is 795. The number of hydrogen-bond acceptors (Lipinski definition) is 0. The third-order valence-electron chi connectivity index (χ3n) is 4.83. The van der Waals surface area contributed by atoms with E-state index in [0.29, 0.717) is 0 Å². The molecule has 0 aliphatic heterocycles. The van der Waals surface area contributed by atoms with Gasteiger partial charge >= 0.3 is 0 Å². The summed E-state index contributed by atoms with van der Waals surface area (Å²) in [6.07, 6.45) is 4.99. The Morgan fingerprint density at radius 3 is 1.68 bits per heavy atom. The van der Waals surface area contributed by atoms with Crippen LogP contribution in [0, 0.1) is 0 Å². The van der Waals surface area contributed by atoms with Crippen LogP contribution in [0.5, 0.6) is 0 Å². The summed E-state index contributed by atoms with van der Waals surface area (Å²) >= 11 is 0. The minimum atomic E-state index is -2.17. The largest absolute Gasteiger partial charge is 0.152 e. The highest BCUT2D eigenvalue weighted by Crippen LogP contribution is 2.16. The van der Waals surface area contributed by atoms with E-state index in [1.54, 1.807) is 0 Å². The molecule has 0 unspecified atom stereocenters. The van der Waals surface area contributed by atoms with Gasteiger partial charge in [-0.3, -0.25) is 0 Å². The van der Waals surface area contributed by atoms with Crippen LogP contribution in [-0.2, 0) is 6.42 Å². The molecule has 0 atom stereocenters. The highest BCUT2D eigenvalue weighted by atomic mass is 28.3. The average molecular weight is 341 g/mol. The fourth-order valence-electron chi connectivity index (χ4n) is 3.76. The Morgan fingerprint density at radius 2 is 1.16 bits per heavy atom. The van der Waals surface area contributed by atoms with Gasteiger partial charge in [-0.2, -0.15) is 0 Å². The van der Waals surface area contributed by atoms with Crippen molar-refractivity contribution in [1.29, 1.82) is 0 Å². The van der Waals surface area contributed by atoms with Crippen molar-refractivity contribution in [2.75, 3.05) is 0 Å². The predicted octanol–water partition coefficient (Wildman–Crippen LogP) is 4.07. The van der Waals surface area contributed by atoms with E-state index < -0.39 is 8.07 Å². The topological polar surface area (TPSA) is 0 Å². The first-order valence-electron chi connectivity index (χ1n) is 8.74. The SMILES string of the molecule is C=CCc1ccccc1[Si](CC=C)(c1ccccc1)c1ccccc1. The van der Waals surface area contributed by atoms with Crippen molar-refractivity contribution >= 4 is 23.6 Å². The molecule has 0 spiro atoms. The molecule has 25 heavy (non-hydrogen) atoms. The van der Waals surface area contributed by atoms with E-state index in [2.05, 4.69) is 104 Å². The van der Waals surface area contributed by atoms with Crippen molar-refractivity contribution in [3.63, 3.8) is 0 Å². The van der Waals surface area contributed by atoms with E-state index in [1.807, 2.05) is 6.08 Å². The van der Waals surface area contributed by atoms with Gasteiger partial charge in [0.15, 0.2) is 8.07 Å². The second kappa shape index (κ2) is 7.95. The Kier molecular flexibility index (Phi) is 5.47. The van der Waals surface area contributed by atoms with Crippen molar-refractivity contribution < 1.29 is 0 Å². The lowest BCUT2D eigenvalue weighted by atomic mass is 10.1. The normalized spacial score (nSPS) is 11.0. The van der Waals surface area contributed by atoms with E-state index in [0.717, 1.165) is 12.5 Å². The molecule has 0 nitrogen and oxygen atoms in total. The van der Waals surface area contributed by atoms with Gasteiger partial charge in [0, 0.05) is 0 Å². The third kappa shape index (κ3) is 3.28. The lowest BCUT2D eigenvalue weighted by Crippen LogP contribution is -2.67. The van der Waals surface area contributed by atoms with Crippen molar-refractivity contribution in [3.05, 3.63) is 116 Å². The van der Waals surface area contributed by atoms with Crippen molar-refractivity contribution in [2.24, 2.45) is 0 Å². The molecule has 1 heteroatoms. The first-order chi connectivity index (χ1) is 12.3. The van der Waals surface area contributed by atoms with Gasteiger partial charge in [0.05, 0.1) is 0 Å². The second-order valence-corrected chi connectivity index (χ2v) is 10.2. The van der Waals surface area contributed by atoms with Crippen LogP contribution in [-0.4, -0.2) is 8.07 Å². The van der Waals surface area contributed by atoms with Gasteiger partial charge in [-0.1, -0.05) is 97.1 Å². The molecule has 0 amide bonds. The highest BCUT2D eigenvalue weighted by molar-refractivity contribution is 7.12. The highest BCUT2D eigenvalue weighted by Gasteiger charge is 2.39.